The molecule has 1 unspecified atom stereocenters. The van der Waals surface area contributed by atoms with Gasteiger partial charge in [0.2, 0.25) is 0 Å². The van der Waals surface area contributed by atoms with E-state index in [9.17, 15) is 4.79 Å². The van der Waals surface area contributed by atoms with Crippen molar-refractivity contribution in [1.29, 1.82) is 0 Å². The molecule has 1 aliphatic rings. The van der Waals surface area contributed by atoms with E-state index < -0.39 is 0 Å². The van der Waals surface area contributed by atoms with Gasteiger partial charge in [0.25, 0.3) is 0 Å². The minimum atomic E-state index is -0.0582. The summed E-state index contributed by atoms with van der Waals surface area (Å²) in [5, 5.41) is 0. The number of ether oxygens (including phenoxy) is 2. The largest absolute Gasteiger partial charge is 0.492 e. The van der Waals surface area contributed by atoms with Crippen molar-refractivity contribution in [2.24, 2.45) is 5.92 Å². The second-order valence-electron chi connectivity index (χ2n) is 7.05. The van der Waals surface area contributed by atoms with Gasteiger partial charge in [-0.1, -0.05) is 42.5 Å². The fourth-order valence-electron chi connectivity index (χ4n) is 3.54. The number of hydrogen-bond acceptors (Lipinski definition) is 4. The molecule has 1 fully saturated rings. The van der Waals surface area contributed by atoms with Crippen LogP contribution in [0.2, 0.25) is 0 Å². The molecule has 0 saturated carbocycles. The highest BCUT2D eigenvalue weighted by atomic mass is 16.5. The van der Waals surface area contributed by atoms with Crippen molar-refractivity contribution in [3.05, 3.63) is 65.7 Å². The van der Waals surface area contributed by atoms with Crippen molar-refractivity contribution in [2.75, 3.05) is 32.8 Å². The van der Waals surface area contributed by atoms with Gasteiger partial charge >= 0.3 is 5.97 Å². The van der Waals surface area contributed by atoms with E-state index in [0.717, 1.165) is 44.6 Å². The lowest BCUT2D eigenvalue weighted by Crippen LogP contribution is -2.41. The Balaban J connectivity index is 1.41. The van der Waals surface area contributed by atoms with Gasteiger partial charge < -0.3 is 9.47 Å². The number of benzene rings is 2. The van der Waals surface area contributed by atoms with Crippen LogP contribution in [-0.2, 0) is 16.0 Å². The van der Waals surface area contributed by atoms with Crippen LogP contribution in [0.1, 0.15) is 30.9 Å². The number of hydrogen-bond donors (Lipinski definition) is 0. The molecule has 4 heteroatoms. The third-order valence-electron chi connectivity index (χ3n) is 4.98. The van der Waals surface area contributed by atoms with Gasteiger partial charge in [0.1, 0.15) is 12.4 Å². The second-order valence-corrected chi connectivity index (χ2v) is 7.05. The van der Waals surface area contributed by atoms with Crippen molar-refractivity contribution in [3.63, 3.8) is 0 Å². The summed E-state index contributed by atoms with van der Waals surface area (Å²) in [6, 6.07) is 18.8. The highest BCUT2D eigenvalue weighted by Crippen LogP contribution is 2.19. The molecule has 2 aromatic rings. The maximum absolute atomic E-state index is 11.9. The molecule has 0 bridgehead atoms. The summed E-state index contributed by atoms with van der Waals surface area (Å²) >= 11 is 0. The van der Waals surface area contributed by atoms with E-state index in [1.165, 1.54) is 11.1 Å². The molecule has 2 aromatic carbocycles. The number of piperidine rings is 1. The van der Waals surface area contributed by atoms with Crippen LogP contribution in [0, 0.1) is 5.92 Å². The van der Waals surface area contributed by atoms with E-state index >= 15 is 0 Å². The molecule has 0 aromatic heterocycles. The zero-order valence-corrected chi connectivity index (χ0v) is 16.1. The van der Waals surface area contributed by atoms with Crippen LogP contribution in [0.25, 0.3) is 0 Å². The number of likely N-dealkylation sites (tertiary alicyclic amines) is 1. The van der Waals surface area contributed by atoms with E-state index in [1.54, 1.807) is 0 Å². The molecule has 1 atom stereocenters. The smallest absolute Gasteiger partial charge is 0.310 e. The second kappa shape index (κ2) is 10.1. The van der Waals surface area contributed by atoms with Crippen molar-refractivity contribution in [3.8, 4) is 5.75 Å². The van der Waals surface area contributed by atoms with E-state index in [2.05, 4.69) is 41.3 Å². The van der Waals surface area contributed by atoms with Gasteiger partial charge in [-0.25, -0.2) is 0 Å². The first-order valence-electron chi connectivity index (χ1n) is 9.89. The Hall–Kier alpha value is -2.33. The molecule has 3 rings (SSSR count). The number of nitrogens with zero attached hydrogens (tertiary/aromatic N) is 1. The predicted molar refractivity (Wildman–Crippen MR) is 107 cm³/mol. The summed E-state index contributed by atoms with van der Waals surface area (Å²) in [7, 11) is 0. The van der Waals surface area contributed by atoms with Gasteiger partial charge in [-0.3, -0.25) is 9.69 Å². The lowest BCUT2D eigenvalue weighted by Gasteiger charge is -2.31. The molecule has 1 heterocycles. The van der Waals surface area contributed by atoms with E-state index in [1.807, 2.05) is 25.1 Å². The highest BCUT2D eigenvalue weighted by Gasteiger charge is 2.26. The highest BCUT2D eigenvalue weighted by molar-refractivity contribution is 5.72. The molecule has 27 heavy (non-hydrogen) atoms. The van der Waals surface area contributed by atoms with Crippen LogP contribution >= 0.6 is 0 Å². The van der Waals surface area contributed by atoms with Gasteiger partial charge in [0.15, 0.2) is 0 Å². The molecule has 4 nitrogen and oxygen atoms in total. The first-order chi connectivity index (χ1) is 13.2. The topological polar surface area (TPSA) is 38.8 Å². The Bertz CT molecular complexity index is 699. The summed E-state index contributed by atoms with van der Waals surface area (Å²) < 4.78 is 11.1. The monoisotopic (exact) mass is 367 g/mol. The van der Waals surface area contributed by atoms with Crippen molar-refractivity contribution in [1.82, 2.24) is 4.90 Å². The van der Waals surface area contributed by atoms with Crippen molar-refractivity contribution < 1.29 is 14.3 Å². The summed E-state index contributed by atoms with van der Waals surface area (Å²) in [5.41, 5.74) is 2.59. The molecule has 0 radical (unpaired) electrons. The fourth-order valence-corrected chi connectivity index (χ4v) is 3.54. The van der Waals surface area contributed by atoms with Gasteiger partial charge in [-0.2, -0.15) is 0 Å². The van der Waals surface area contributed by atoms with Gasteiger partial charge in [-0.05, 0) is 56.0 Å². The predicted octanol–water partition coefficient (Wildman–Crippen LogP) is 3.93. The average Bonchev–Trinajstić information content (AvgIpc) is 2.71. The quantitative estimate of drug-likeness (QED) is 0.663. The molecule has 0 N–H and O–H groups in total. The average molecular weight is 367 g/mol. The lowest BCUT2D eigenvalue weighted by atomic mass is 9.98. The molecule has 0 amide bonds. The molecule has 0 spiro atoms. The van der Waals surface area contributed by atoms with Crippen LogP contribution in [0.4, 0.5) is 0 Å². The van der Waals surface area contributed by atoms with Crippen molar-refractivity contribution in [2.45, 2.75) is 26.2 Å². The Labute approximate surface area is 162 Å². The normalized spacial score (nSPS) is 17.4. The van der Waals surface area contributed by atoms with Crippen LogP contribution in [-0.4, -0.2) is 43.7 Å². The first-order valence-corrected chi connectivity index (χ1v) is 9.89. The zero-order valence-electron chi connectivity index (χ0n) is 16.1. The summed E-state index contributed by atoms with van der Waals surface area (Å²) in [6.07, 6.45) is 2.90. The Morgan fingerprint density at radius 1 is 1.07 bits per heavy atom. The number of carbonyl (C=O) groups is 1. The van der Waals surface area contributed by atoms with Crippen LogP contribution in [0.5, 0.6) is 5.75 Å². The SMILES string of the molecule is CCOC(=O)C1CCCN(CCOc2ccc(Cc3ccccc3)cc2)C1. The molecule has 1 aliphatic heterocycles. The lowest BCUT2D eigenvalue weighted by molar-refractivity contribution is -0.150. The summed E-state index contributed by atoms with van der Waals surface area (Å²) in [6.45, 7) is 5.58. The van der Waals surface area contributed by atoms with E-state index in [0.29, 0.717) is 13.2 Å². The van der Waals surface area contributed by atoms with E-state index in [4.69, 9.17) is 9.47 Å². The van der Waals surface area contributed by atoms with Crippen LogP contribution in [0.3, 0.4) is 0 Å². The van der Waals surface area contributed by atoms with Gasteiger partial charge in [-0.15, -0.1) is 0 Å². The maximum atomic E-state index is 11.9. The Morgan fingerprint density at radius 2 is 1.81 bits per heavy atom. The molecule has 144 valence electrons. The zero-order chi connectivity index (χ0) is 18.9. The summed E-state index contributed by atoms with van der Waals surface area (Å²) in [5.74, 6) is 0.846. The maximum Gasteiger partial charge on any atom is 0.310 e. The first kappa shape index (κ1) is 19.4. The molecular formula is C23H29NO3. The summed E-state index contributed by atoms with van der Waals surface area (Å²) in [4.78, 5) is 14.2. The minimum Gasteiger partial charge on any atom is -0.492 e. The number of carbonyl (C=O) groups excluding carboxylic acids is 1. The van der Waals surface area contributed by atoms with Gasteiger partial charge in [0, 0.05) is 13.1 Å². The Kier molecular flexibility index (Phi) is 7.28. The number of esters is 1. The number of rotatable bonds is 8. The van der Waals surface area contributed by atoms with Gasteiger partial charge in [0.05, 0.1) is 12.5 Å². The third kappa shape index (κ3) is 6.10. The molecule has 0 aliphatic carbocycles. The van der Waals surface area contributed by atoms with E-state index in [-0.39, 0.29) is 11.9 Å². The Morgan fingerprint density at radius 3 is 2.56 bits per heavy atom. The van der Waals surface area contributed by atoms with Crippen molar-refractivity contribution >= 4 is 5.97 Å². The van der Waals surface area contributed by atoms with Crippen LogP contribution < -0.4 is 4.74 Å². The standard InChI is InChI=1S/C23H29NO3/c1-2-26-23(25)21-9-6-14-24(18-21)15-16-27-22-12-10-20(11-13-22)17-19-7-4-3-5-8-19/h3-5,7-8,10-13,21H,2,6,9,14-18H2,1H3. The third-order valence-corrected chi connectivity index (χ3v) is 4.98. The minimum absolute atomic E-state index is 0.0102. The van der Waals surface area contributed by atoms with Crippen LogP contribution in [0.15, 0.2) is 54.6 Å². The molecule has 1 saturated heterocycles. The molecular weight excluding hydrogens is 338 g/mol. The fraction of sp³-hybridized carbons (Fsp3) is 0.435.